The van der Waals surface area contributed by atoms with Crippen molar-refractivity contribution in [2.45, 2.75) is 13.0 Å². The average Bonchev–Trinajstić information content (AvgIpc) is 2.24. The SMILES string of the molecule is C#CCNCC(C)Oc1ccc(Cl)c(F)c1. The molecule has 0 saturated carbocycles. The molecule has 0 heterocycles. The fourth-order valence-electron chi connectivity index (χ4n) is 1.17. The van der Waals surface area contributed by atoms with Gasteiger partial charge in [0.15, 0.2) is 0 Å². The van der Waals surface area contributed by atoms with E-state index in [1.807, 2.05) is 6.92 Å². The number of halogens is 2. The first-order valence-corrected chi connectivity index (χ1v) is 5.27. The molecule has 86 valence electrons. The predicted octanol–water partition coefficient (Wildman–Crippen LogP) is 2.47. The van der Waals surface area contributed by atoms with Gasteiger partial charge in [-0.1, -0.05) is 17.5 Å². The first-order valence-electron chi connectivity index (χ1n) is 4.89. The third-order valence-corrected chi connectivity index (χ3v) is 2.19. The maximum atomic E-state index is 13.1. The molecule has 0 bridgehead atoms. The van der Waals surface area contributed by atoms with E-state index >= 15 is 0 Å². The average molecular weight is 242 g/mol. The monoisotopic (exact) mass is 241 g/mol. The van der Waals surface area contributed by atoms with E-state index in [9.17, 15) is 4.39 Å². The van der Waals surface area contributed by atoms with Crippen LogP contribution in [0.4, 0.5) is 4.39 Å². The van der Waals surface area contributed by atoms with E-state index in [1.54, 1.807) is 6.07 Å². The molecular weight excluding hydrogens is 229 g/mol. The van der Waals surface area contributed by atoms with E-state index in [0.717, 1.165) is 0 Å². The van der Waals surface area contributed by atoms with Crippen LogP contribution in [0.5, 0.6) is 5.75 Å². The van der Waals surface area contributed by atoms with Gasteiger partial charge >= 0.3 is 0 Å². The van der Waals surface area contributed by atoms with Crippen molar-refractivity contribution >= 4 is 11.6 Å². The van der Waals surface area contributed by atoms with E-state index in [1.165, 1.54) is 12.1 Å². The molecule has 2 nitrogen and oxygen atoms in total. The highest BCUT2D eigenvalue weighted by Crippen LogP contribution is 2.20. The Morgan fingerprint density at radius 2 is 2.38 bits per heavy atom. The smallest absolute Gasteiger partial charge is 0.145 e. The molecule has 1 unspecified atom stereocenters. The van der Waals surface area contributed by atoms with Gasteiger partial charge in [-0.3, -0.25) is 0 Å². The summed E-state index contributed by atoms with van der Waals surface area (Å²) in [7, 11) is 0. The van der Waals surface area contributed by atoms with Gasteiger partial charge in [-0.2, -0.15) is 0 Å². The van der Waals surface area contributed by atoms with Crippen molar-refractivity contribution in [3.05, 3.63) is 29.0 Å². The van der Waals surface area contributed by atoms with E-state index in [-0.39, 0.29) is 11.1 Å². The molecule has 16 heavy (non-hydrogen) atoms. The second kappa shape index (κ2) is 6.37. The van der Waals surface area contributed by atoms with Crippen LogP contribution >= 0.6 is 11.6 Å². The van der Waals surface area contributed by atoms with Crippen LogP contribution in [0.25, 0.3) is 0 Å². The summed E-state index contributed by atoms with van der Waals surface area (Å²) >= 11 is 5.55. The van der Waals surface area contributed by atoms with Crippen LogP contribution in [0.2, 0.25) is 5.02 Å². The van der Waals surface area contributed by atoms with E-state index in [0.29, 0.717) is 18.8 Å². The van der Waals surface area contributed by atoms with Gasteiger partial charge in [-0.05, 0) is 19.1 Å². The fourth-order valence-corrected chi connectivity index (χ4v) is 1.29. The number of hydrogen-bond acceptors (Lipinski definition) is 2. The summed E-state index contributed by atoms with van der Waals surface area (Å²) in [5, 5.41) is 3.09. The molecule has 4 heteroatoms. The Labute approximate surface area is 99.8 Å². The lowest BCUT2D eigenvalue weighted by molar-refractivity contribution is 0.218. The van der Waals surface area contributed by atoms with Gasteiger partial charge in [0.05, 0.1) is 11.6 Å². The molecule has 0 amide bonds. The van der Waals surface area contributed by atoms with Crippen molar-refractivity contribution in [3.8, 4) is 18.1 Å². The predicted molar refractivity (Wildman–Crippen MR) is 63.2 cm³/mol. The largest absolute Gasteiger partial charge is 0.489 e. The van der Waals surface area contributed by atoms with Gasteiger partial charge in [0, 0.05) is 12.6 Å². The molecule has 1 rings (SSSR count). The van der Waals surface area contributed by atoms with E-state index in [4.69, 9.17) is 22.8 Å². The second-order valence-corrected chi connectivity index (χ2v) is 3.75. The lowest BCUT2D eigenvalue weighted by Crippen LogP contribution is -2.29. The second-order valence-electron chi connectivity index (χ2n) is 3.34. The normalized spacial score (nSPS) is 11.9. The van der Waals surface area contributed by atoms with Crippen molar-refractivity contribution in [2.75, 3.05) is 13.1 Å². The Hall–Kier alpha value is -1.24. The van der Waals surface area contributed by atoms with Crippen molar-refractivity contribution in [1.29, 1.82) is 0 Å². The van der Waals surface area contributed by atoms with Gasteiger partial charge in [-0.25, -0.2) is 4.39 Å². The molecule has 0 aliphatic carbocycles. The molecule has 0 aliphatic heterocycles. The summed E-state index contributed by atoms with van der Waals surface area (Å²) in [5.41, 5.74) is 0. The molecule has 1 aromatic carbocycles. The Kier molecular flexibility index (Phi) is 5.10. The molecule has 0 spiro atoms. The number of ether oxygens (including phenoxy) is 1. The van der Waals surface area contributed by atoms with E-state index in [2.05, 4.69) is 11.2 Å². The first kappa shape index (κ1) is 12.8. The number of terminal acetylenes is 1. The molecule has 0 saturated heterocycles. The summed E-state index contributed by atoms with van der Waals surface area (Å²) in [4.78, 5) is 0. The van der Waals surface area contributed by atoms with Crippen LogP contribution in [0, 0.1) is 18.2 Å². The number of rotatable bonds is 5. The summed E-state index contributed by atoms with van der Waals surface area (Å²) in [6.07, 6.45) is 5.00. The lowest BCUT2D eigenvalue weighted by Gasteiger charge is -2.14. The Bertz CT molecular complexity index is 389. The number of hydrogen-bond donors (Lipinski definition) is 1. The van der Waals surface area contributed by atoms with Crippen molar-refractivity contribution in [3.63, 3.8) is 0 Å². The Morgan fingerprint density at radius 3 is 3.00 bits per heavy atom. The van der Waals surface area contributed by atoms with Gasteiger partial charge < -0.3 is 10.1 Å². The minimum Gasteiger partial charge on any atom is -0.489 e. The summed E-state index contributed by atoms with van der Waals surface area (Å²) in [6, 6.07) is 4.36. The standard InChI is InChI=1S/C12H13ClFNO/c1-3-6-15-8-9(2)16-10-4-5-11(13)12(14)7-10/h1,4-5,7,9,15H,6,8H2,2H3. The van der Waals surface area contributed by atoms with Gasteiger partial charge in [0.25, 0.3) is 0 Å². The zero-order chi connectivity index (χ0) is 12.0. The van der Waals surface area contributed by atoms with Crippen LogP contribution in [-0.4, -0.2) is 19.2 Å². The van der Waals surface area contributed by atoms with Crippen LogP contribution in [0.1, 0.15) is 6.92 Å². The Balaban J connectivity index is 2.47. The molecular formula is C12H13ClFNO. The van der Waals surface area contributed by atoms with Crippen LogP contribution in [0.15, 0.2) is 18.2 Å². The zero-order valence-corrected chi connectivity index (χ0v) is 9.72. The maximum absolute atomic E-state index is 13.1. The van der Waals surface area contributed by atoms with Crippen molar-refractivity contribution in [1.82, 2.24) is 5.32 Å². The van der Waals surface area contributed by atoms with Crippen LogP contribution in [-0.2, 0) is 0 Å². The first-order chi connectivity index (χ1) is 7.63. The molecule has 0 fully saturated rings. The molecule has 1 N–H and O–H groups in total. The summed E-state index contributed by atoms with van der Waals surface area (Å²) in [5.74, 6) is 2.43. The zero-order valence-electron chi connectivity index (χ0n) is 8.97. The van der Waals surface area contributed by atoms with Crippen molar-refractivity contribution < 1.29 is 9.13 Å². The maximum Gasteiger partial charge on any atom is 0.145 e. The van der Waals surface area contributed by atoms with Gasteiger partial charge in [0.2, 0.25) is 0 Å². The molecule has 1 aromatic rings. The fraction of sp³-hybridized carbons (Fsp3) is 0.333. The quantitative estimate of drug-likeness (QED) is 0.632. The summed E-state index contributed by atoms with van der Waals surface area (Å²) in [6.45, 7) is 2.97. The third-order valence-electron chi connectivity index (χ3n) is 1.89. The minimum absolute atomic E-state index is 0.0884. The molecule has 0 aliphatic rings. The lowest BCUT2D eigenvalue weighted by atomic mass is 10.3. The van der Waals surface area contributed by atoms with Crippen LogP contribution in [0.3, 0.4) is 0 Å². The number of nitrogens with one attached hydrogen (secondary N) is 1. The molecule has 1 atom stereocenters. The Morgan fingerprint density at radius 1 is 1.62 bits per heavy atom. The molecule has 0 radical (unpaired) electrons. The third kappa shape index (κ3) is 4.09. The summed E-state index contributed by atoms with van der Waals surface area (Å²) < 4.78 is 18.5. The topological polar surface area (TPSA) is 21.3 Å². The van der Waals surface area contributed by atoms with Gasteiger partial charge in [-0.15, -0.1) is 6.42 Å². The van der Waals surface area contributed by atoms with Gasteiger partial charge in [0.1, 0.15) is 17.7 Å². The number of benzene rings is 1. The highest BCUT2D eigenvalue weighted by atomic mass is 35.5. The highest BCUT2D eigenvalue weighted by molar-refractivity contribution is 6.30. The van der Waals surface area contributed by atoms with E-state index < -0.39 is 5.82 Å². The van der Waals surface area contributed by atoms with Crippen LogP contribution < -0.4 is 10.1 Å². The van der Waals surface area contributed by atoms with Crippen molar-refractivity contribution in [2.24, 2.45) is 0 Å². The minimum atomic E-state index is -0.483. The molecule has 0 aromatic heterocycles. The highest BCUT2D eigenvalue weighted by Gasteiger charge is 2.06.